The van der Waals surface area contributed by atoms with E-state index in [1.807, 2.05) is 6.92 Å². The van der Waals surface area contributed by atoms with Gasteiger partial charge < -0.3 is 10.6 Å². The third-order valence-electron chi connectivity index (χ3n) is 3.91. The highest BCUT2D eigenvalue weighted by Crippen LogP contribution is 2.16. The lowest BCUT2D eigenvalue weighted by atomic mass is 10.1. The monoisotopic (exact) mass is 368 g/mol. The zero-order valence-corrected chi connectivity index (χ0v) is 14.5. The molecule has 0 atom stereocenters. The van der Waals surface area contributed by atoms with Gasteiger partial charge in [0, 0.05) is 23.4 Å². The summed E-state index contributed by atoms with van der Waals surface area (Å²) >= 11 is 0. The number of rotatable bonds is 6. The molecular formula is C18H17FN6O2. The van der Waals surface area contributed by atoms with Crippen LogP contribution in [0, 0.1) is 5.82 Å². The van der Waals surface area contributed by atoms with Crippen LogP contribution in [0.15, 0.2) is 48.5 Å². The molecule has 0 spiro atoms. The molecule has 2 amide bonds. The van der Waals surface area contributed by atoms with Gasteiger partial charge in [0.05, 0.1) is 0 Å². The van der Waals surface area contributed by atoms with E-state index in [1.54, 1.807) is 24.3 Å². The number of likely N-dealkylation sites (N-methyl/N-ethyl adjacent to an activating group) is 1. The van der Waals surface area contributed by atoms with Crippen molar-refractivity contribution in [2.24, 2.45) is 5.73 Å². The number of halogens is 1. The molecule has 9 heteroatoms. The largest absolute Gasteiger partial charge is 0.366 e. The molecule has 1 aromatic heterocycles. The molecule has 2 aromatic carbocycles. The van der Waals surface area contributed by atoms with Crippen LogP contribution in [0.5, 0.6) is 0 Å². The average Bonchev–Trinajstić information content (AvgIpc) is 3.12. The van der Waals surface area contributed by atoms with E-state index < -0.39 is 5.91 Å². The number of amides is 2. The van der Waals surface area contributed by atoms with Gasteiger partial charge in [-0.25, -0.2) is 4.39 Å². The summed E-state index contributed by atoms with van der Waals surface area (Å²) in [4.78, 5) is 26.4. The van der Waals surface area contributed by atoms with Crippen molar-refractivity contribution in [3.8, 4) is 11.4 Å². The number of aromatic nitrogens is 4. The molecule has 3 rings (SSSR count). The predicted octanol–water partition coefficient (Wildman–Crippen LogP) is 1.63. The van der Waals surface area contributed by atoms with Gasteiger partial charge >= 0.3 is 0 Å². The van der Waals surface area contributed by atoms with Crippen LogP contribution in [0.3, 0.4) is 0 Å². The summed E-state index contributed by atoms with van der Waals surface area (Å²) in [6.45, 7) is 2.12. The summed E-state index contributed by atoms with van der Waals surface area (Å²) in [5.74, 6) is -0.822. The number of carbonyl (C=O) groups is 2. The first-order valence-corrected chi connectivity index (χ1v) is 8.22. The fourth-order valence-corrected chi connectivity index (χ4v) is 2.54. The molecule has 0 aliphatic rings. The van der Waals surface area contributed by atoms with Crippen molar-refractivity contribution in [1.82, 2.24) is 20.2 Å². The van der Waals surface area contributed by atoms with Crippen LogP contribution >= 0.6 is 0 Å². The Balaban J connectivity index is 1.73. The standard InChI is InChI=1S/C18H17FN6O2/c1-2-24(15-9-7-14(19)8-10-15)16(26)11-25-22-18(21-23-25)13-5-3-12(4-6-13)17(20)27/h3-10H,2,11H2,1H3,(H2,20,27). The molecule has 0 unspecified atom stereocenters. The van der Waals surface area contributed by atoms with E-state index in [0.717, 1.165) is 0 Å². The minimum atomic E-state index is -0.524. The number of nitrogens with zero attached hydrogens (tertiary/aromatic N) is 5. The highest BCUT2D eigenvalue weighted by molar-refractivity contribution is 5.93. The van der Waals surface area contributed by atoms with Crippen molar-refractivity contribution < 1.29 is 14.0 Å². The SMILES string of the molecule is CCN(C(=O)Cn1nnc(-c2ccc(C(N)=O)cc2)n1)c1ccc(F)cc1. The summed E-state index contributed by atoms with van der Waals surface area (Å²) < 4.78 is 13.1. The molecular weight excluding hydrogens is 351 g/mol. The topological polar surface area (TPSA) is 107 Å². The van der Waals surface area contributed by atoms with Gasteiger partial charge in [-0.2, -0.15) is 4.80 Å². The quantitative estimate of drug-likeness (QED) is 0.712. The molecule has 1 heterocycles. The minimum absolute atomic E-state index is 0.114. The molecule has 138 valence electrons. The number of anilines is 1. The number of carbonyl (C=O) groups excluding carboxylic acids is 2. The second-order valence-electron chi connectivity index (χ2n) is 5.70. The molecule has 0 aliphatic carbocycles. The first kappa shape index (κ1) is 18.2. The molecule has 0 fully saturated rings. The van der Waals surface area contributed by atoms with Crippen LogP contribution in [-0.2, 0) is 11.3 Å². The highest BCUT2D eigenvalue weighted by atomic mass is 19.1. The molecule has 0 saturated heterocycles. The van der Waals surface area contributed by atoms with Crippen LogP contribution in [0.4, 0.5) is 10.1 Å². The van der Waals surface area contributed by atoms with Crippen LogP contribution < -0.4 is 10.6 Å². The maximum absolute atomic E-state index is 13.1. The van der Waals surface area contributed by atoms with Gasteiger partial charge in [0.2, 0.25) is 11.7 Å². The van der Waals surface area contributed by atoms with Crippen LogP contribution in [0.1, 0.15) is 17.3 Å². The van der Waals surface area contributed by atoms with E-state index in [9.17, 15) is 14.0 Å². The van der Waals surface area contributed by atoms with Gasteiger partial charge in [-0.05, 0) is 48.5 Å². The molecule has 8 nitrogen and oxygen atoms in total. The average molecular weight is 368 g/mol. The summed E-state index contributed by atoms with van der Waals surface area (Å²) in [5, 5.41) is 12.0. The van der Waals surface area contributed by atoms with Gasteiger partial charge in [-0.1, -0.05) is 12.1 Å². The lowest BCUT2D eigenvalue weighted by molar-refractivity contribution is -0.119. The predicted molar refractivity (Wildman–Crippen MR) is 96.2 cm³/mol. The van der Waals surface area contributed by atoms with E-state index >= 15 is 0 Å². The summed E-state index contributed by atoms with van der Waals surface area (Å²) in [7, 11) is 0. The molecule has 0 aliphatic heterocycles. The van der Waals surface area contributed by atoms with E-state index in [4.69, 9.17) is 5.73 Å². The smallest absolute Gasteiger partial charge is 0.250 e. The number of nitrogens with two attached hydrogens (primary N) is 1. The number of hydrogen-bond acceptors (Lipinski definition) is 5. The summed E-state index contributed by atoms with van der Waals surface area (Å²) in [6, 6.07) is 12.1. The van der Waals surface area contributed by atoms with Crippen LogP contribution in [-0.4, -0.2) is 38.6 Å². The van der Waals surface area contributed by atoms with Gasteiger partial charge in [0.25, 0.3) is 5.91 Å². The van der Waals surface area contributed by atoms with Gasteiger partial charge in [-0.3, -0.25) is 9.59 Å². The van der Waals surface area contributed by atoms with Gasteiger partial charge in [0.1, 0.15) is 12.4 Å². The van der Waals surface area contributed by atoms with Crippen molar-refractivity contribution in [2.75, 3.05) is 11.4 Å². The normalized spacial score (nSPS) is 10.6. The van der Waals surface area contributed by atoms with E-state index in [2.05, 4.69) is 15.4 Å². The Kier molecular flexibility index (Phi) is 5.20. The van der Waals surface area contributed by atoms with E-state index in [0.29, 0.717) is 29.2 Å². The van der Waals surface area contributed by atoms with E-state index in [-0.39, 0.29) is 18.3 Å². The lowest BCUT2D eigenvalue weighted by Gasteiger charge is -2.20. The van der Waals surface area contributed by atoms with Gasteiger partial charge in [-0.15, -0.1) is 10.2 Å². The number of benzene rings is 2. The summed E-state index contributed by atoms with van der Waals surface area (Å²) in [6.07, 6.45) is 0. The van der Waals surface area contributed by atoms with Crippen LogP contribution in [0.2, 0.25) is 0 Å². The lowest BCUT2D eigenvalue weighted by Crippen LogP contribution is -2.34. The Morgan fingerprint density at radius 1 is 1.11 bits per heavy atom. The fourth-order valence-electron chi connectivity index (χ4n) is 2.54. The highest BCUT2D eigenvalue weighted by Gasteiger charge is 2.17. The Morgan fingerprint density at radius 2 is 1.78 bits per heavy atom. The van der Waals surface area contributed by atoms with Crippen molar-refractivity contribution in [1.29, 1.82) is 0 Å². The third-order valence-corrected chi connectivity index (χ3v) is 3.91. The molecule has 0 radical (unpaired) electrons. The zero-order valence-electron chi connectivity index (χ0n) is 14.5. The first-order valence-electron chi connectivity index (χ1n) is 8.22. The fraction of sp³-hybridized carbons (Fsp3) is 0.167. The van der Waals surface area contributed by atoms with Crippen molar-refractivity contribution in [3.05, 3.63) is 59.9 Å². The van der Waals surface area contributed by atoms with Crippen molar-refractivity contribution >= 4 is 17.5 Å². The molecule has 0 bridgehead atoms. The second kappa shape index (κ2) is 7.73. The number of tetrazole rings is 1. The summed E-state index contributed by atoms with van der Waals surface area (Å²) in [5.41, 5.74) is 6.82. The number of hydrogen-bond donors (Lipinski definition) is 1. The van der Waals surface area contributed by atoms with Crippen LogP contribution in [0.25, 0.3) is 11.4 Å². The molecule has 2 N–H and O–H groups in total. The molecule has 3 aromatic rings. The number of primary amides is 1. The Morgan fingerprint density at radius 3 is 2.37 bits per heavy atom. The second-order valence-corrected chi connectivity index (χ2v) is 5.70. The zero-order chi connectivity index (χ0) is 19.4. The minimum Gasteiger partial charge on any atom is -0.366 e. The molecule has 0 saturated carbocycles. The Bertz CT molecular complexity index is 953. The Hall–Kier alpha value is -3.62. The Labute approximate surface area is 154 Å². The van der Waals surface area contributed by atoms with Crippen molar-refractivity contribution in [2.45, 2.75) is 13.5 Å². The maximum Gasteiger partial charge on any atom is 0.250 e. The maximum atomic E-state index is 13.1. The van der Waals surface area contributed by atoms with E-state index in [1.165, 1.54) is 34.0 Å². The van der Waals surface area contributed by atoms with Crippen molar-refractivity contribution in [3.63, 3.8) is 0 Å². The van der Waals surface area contributed by atoms with Gasteiger partial charge in [0.15, 0.2) is 0 Å². The first-order chi connectivity index (χ1) is 13.0. The molecule has 27 heavy (non-hydrogen) atoms. The third kappa shape index (κ3) is 4.14.